The van der Waals surface area contributed by atoms with E-state index in [-0.39, 0.29) is 42.5 Å². The number of carbonyl (C=O) groups is 5. The van der Waals surface area contributed by atoms with Gasteiger partial charge in [0, 0.05) is 63.8 Å². The quantitative estimate of drug-likeness (QED) is 0.0923. The smallest absolute Gasteiger partial charge is 0.255 e. The van der Waals surface area contributed by atoms with Gasteiger partial charge >= 0.3 is 0 Å². The Morgan fingerprint density at radius 1 is 0.900 bits per heavy atom. The highest BCUT2D eigenvalue weighted by molar-refractivity contribution is 7.15. The molecular weight excluding hydrogens is 800 g/mol. The van der Waals surface area contributed by atoms with Crippen LogP contribution in [0.3, 0.4) is 0 Å². The van der Waals surface area contributed by atoms with E-state index in [1.807, 2.05) is 42.2 Å². The van der Waals surface area contributed by atoms with Crippen molar-refractivity contribution in [1.82, 2.24) is 30.3 Å². The van der Waals surface area contributed by atoms with Crippen LogP contribution in [-0.4, -0.2) is 74.0 Å². The Hall–Kier alpha value is -5.21. The molecule has 2 aromatic carbocycles. The van der Waals surface area contributed by atoms with Gasteiger partial charge in [0.05, 0.1) is 18.2 Å². The first-order chi connectivity index (χ1) is 29.0. The second-order valence-corrected chi connectivity index (χ2v) is 17.9. The van der Waals surface area contributed by atoms with Gasteiger partial charge in [-0.15, -0.1) is 21.5 Å². The van der Waals surface area contributed by atoms with Gasteiger partial charge in [0.1, 0.15) is 22.9 Å². The maximum atomic E-state index is 13.5. The highest BCUT2D eigenvalue weighted by atomic mass is 35.5. The van der Waals surface area contributed by atoms with E-state index in [9.17, 15) is 24.0 Å². The summed E-state index contributed by atoms with van der Waals surface area (Å²) in [5.74, 6) is 0.473. The number of aliphatic imine (C=N–C) groups is 1. The molecule has 2 N–H and O–H groups in total. The number of benzene rings is 2. The summed E-state index contributed by atoms with van der Waals surface area (Å²) < 4.78 is 2.06. The lowest BCUT2D eigenvalue weighted by Gasteiger charge is -2.39. The average Bonchev–Trinajstić information content (AvgIpc) is 3.82. The fraction of sp³-hybridized carbons (Fsp3) is 0.467. The lowest BCUT2D eigenvalue weighted by atomic mass is 9.93. The fourth-order valence-corrected chi connectivity index (χ4v) is 10.5. The van der Waals surface area contributed by atoms with Crippen LogP contribution in [-0.2, 0) is 19.2 Å². The first-order valence-corrected chi connectivity index (χ1v) is 22.4. The summed E-state index contributed by atoms with van der Waals surface area (Å²) in [6.45, 7) is 7.24. The molecule has 4 aliphatic heterocycles. The average molecular weight is 851 g/mol. The summed E-state index contributed by atoms with van der Waals surface area (Å²) in [6, 6.07) is 11.7. The van der Waals surface area contributed by atoms with Gasteiger partial charge in [-0.1, -0.05) is 68.3 Å². The Morgan fingerprint density at radius 3 is 2.38 bits per heavy atom. The zero-order valence-corrected chi connectivity index (χ0v) is 36.0. The number of halogens is 1. The molecule has 1 fully saturated rings. The minimum absolute atomic E-state index is 0.0577. The number of rotatable bonds is 15. The van der Waals surface area contributed by atoms with Gasteiger partial charge in [-0.05, 0) is 76.3 Å². The SMILES string of the molecule is Cc1sc2c(c1C)C(c1ccc(Cl)cc1)=N[C@@H](CC(=O)NCCCCCCCCCCC(=O)N1CCC3c4c(cccc41)C(=O)N3C1CCC(=O)NC1=O)c1nnc(C)n1-2. The molecule has 60 heavy (non-hydrogen) atoms. The van der Waals surface area contributed by atoms with Crippen molar-refractivity contribution in [2.75, 3.05) is 18.0 Å². The van der Waals surface area contributed by atoms with Crippen molar-refractivity contribution < 1.29 is 24.0 Å². The minimum atomic E-state index is -0.684. The Morgan fingerprint density at radius 2 is 1.63 bits per heavy atom. The maximum absolute atomic E-state index is 13.5. The topological polar surface area (TPSA) is 159 Å². The number of anilines is 1. The normalized spacial score (nSPS) is 19.4. The standard InChI is InChI=1S/C45H51ClN8O5S/c1-26-27(2)60-45-39(26)41(29-16-18-30(46)19-17-29)48-32(42-51-50-28(3)53(42)45)25-37(56)47-23-11-9-7-5-4-6-8-10-15-38(57)52-24-22-34-40-31(13-12-14-33(40)52)44(59)54(34)35-20-21-36(55)49-43(35)58/h12-14,16-19,32,34-35H,4-11,15,20-25H2,1-3H3,(H,47,56)(H,49,55,58)/t32-,34?,35?/m0/s1. The predicted molar refractivity (Wildman–Crippen MR) is 231 cm³/mol. The van der Waals surface area contributed by atoms with E-state index < -0.39 is 18.0 Å². The molecule has 3 atom stereocenters. The van der Waals surface area contributed by atoms with Gasteiger partial charge < -0.3 is 15.1 Å². The Bertz CT molecular complexity index is 2370. The summed E-state index contributed by atoms with van der Waals surface area (Å²) in [5.41, 5.74) is 6.09. The molecule has 8 rings (SSSR count). The van der Waals surface area contributed by atoms with Crippen molar-refractivity contribution in [3.63, 3.8) is 0 Å². The van der Waals surface area contributed by atoms with Gasteiger partial charge in [0.2, 0.25) is 23.6 Å². The van der Waals surface area contributed by atoms with Gasteiger partial charge in [0.15, 0.2) is 5.82 Å². The summed E-state index contributed by atoms with van der Waals surface area (Å²) >= 11 is 7.93. The van der Waals surface area contributed by atoms with Crippen LogP contribution in [0.25, 0.3) is 5.00 Å². The van der Waals surface area contributed by atoms with Crippen LogP contribution in [0.4, 0.5) is 5.69 Å². The van der Waals surface area contributed by atoms with E-state index in [2.05, 4.69) is 39.2 Å². The third-order valence-corrected chi connectivity index (χ3v) is 13.8. The van der Waals surface area contributed by atoms with E-state index in [4.69, 9.17) is 16.6 Å². The van der Waals surface area contributed by atoms with Crippen LogP contribution in [0.15, 0.2) is 47.5 Å². The first kappa shape index (κ1) is 41.5. The van der Waals surface area contributed by atoms with E-state index >= 15 is 0 Å². The number of piperidine rings is 1. The van der Waals surface area contributed by atoms with Crippen LogP contribution in [0, 0.1) is 20.8 Å². The van der Waals surface area contributed by atoms with E-state index in [0.29, 0.717) is 48.8 Å². The molecule has 15 heteroatoms. The van der Waals surface area contributed by atoms with Crippen LogP contribution in [0.2, 0.25) is 5.02 Å². The monoisotopic (exact) mass is 850 g/mol. The van der Waals surface area contributed by atoms with Crippen molar-refractivity contribution in [2.45, 2.75) is 122 Å². The maximum Gasteiger partial charge on any atom is 0.255 e. The third kappa shape index (κ3) is 8.15. The number of nitrogens with zero attached hydrogens (tertiary/aromatic N) is 6. The van der Waals surface area contributed by atoms with Gasteiger partial charge in [-0.3, -0.25) is 38.8 Å². The number of aromatic nitrogens is 3. The van der Waals surface area contributed by atoms with Crippen LogP contribution < -0.4 is 15.5 Å². The molecular formula is C45H51ClN8O5S. The number of carbonyl (C=O) groups excluding carboxylic acids is 5. The number of imide groups is 1. The van der Waals surface area contributed by atoms with E-state index in [1.54, 1.807) is 28.4 Å². The molecule has 5 amide bonds. The summed E-state index contributed by atoms with van der Waals surface area (Å²) in [7, 11) is 0. The molecule has 6 heterocycles. The third-order valence-electron chi connectivity index (χ3n) is 12.4. The van der Waals surface area contributed by atoms with Gasteiger partial charge in [-0.25, -0.2) is 0 Å². The first-order valence-electron chi connectivity index (χ1n) is 21.2. The number of fused-ring (bicyclic) bond motifs is 3. The number of nitrogens with one attached hydrogen (secondary N) is 2. The number of hydrogen-bond acceptors (Lipinski definition) is 9. The molecule has 13 nitrogen and oxygen atoms in total. The van der Waals surface area contributed by atoms with Gasteiger partial charge in [-0.2, -0.15) is 0 Å². The zero-order chi connectivity index (χ0) is 42.1. The molecule has 314 valence electrons. The number of amides is 5. The van der Waals surface area contributed by atoms with Crippen molar-refractivity contribution in [3.8, 4) is 5.00 Å². The molecule has 0 bridgehead atoms. The van der Waals surface area contributed by atoms with Crippen LogP contribution in [0.1, 0.15) is 145 Å². The Labute approximate surface area is 359 Å². The molecule has 0 spiro atoms. The molecule has 2 unspecified atom stereocenters. The molecule has 0 aliphatic carbocycles. The predicted octanol–water partition coefficient (Wildman–Crippen LogP) is 7.56. The second-order valence-electron chi connectivity index (χ2n) is 16.3. The molecule has 2 aromatic heterocycles. The van der Waals surface area contributed by atoms with Crippen molar-refractivity contribution >= 4 is 63.9 Å². The number of unbranched alkanes of at least 4 members (excludes halogenated alkanes) is 7. The largest absolute Gasteiger partial charge is 0.356 e. The number of aryl methyl sites for hydroxylation is 2. The number of hydrogen-bond donors (Lipinski definition) is 2. The molecule has 0 saturated carbocycles. The zero-order valence-electron chi connectivity index (χ0n) is 34.4. The molecule has 0 radical (unpaired) electrons. The lowest BCUT2D eigenvalue weighted by Crippen LogP contribution is -2.54. The van der Waals surface area contributed by atoms with E-state index in [1.165, 1.54) is 4.88 Å². The van der Waals surface area contributed by atoms with Crippen LogP contribution in [0.5, 0.6) is 0 Å². The van der Waals surface area contributed by atoms with Crippen molar-refractivity contribution in [1.29, 1.82) is 0 Å². The minimum Gasteiger partial charge on any atom is -0.356 e. The summed E-state index contributed by atoms with van der Waals surface area (Å²) in [6.07, 6.45) is 9.70. The molecule has 4 aromatic rings. The Kier molecular flexibility index (Phi) is 12.3. The van der Waals surface area contributed by atoms with E-state index in [0.717, 1.165) is 95.8 Å². The molecule has 1 saturated heterocycles. The summed E-state index contributed by atoms with van der Waals surface area (Å²) in [4.78, 5) is 74.5. The number of thiophene rings is 1. The molecule has 4 aliphatic rings. The highest BCUT2D eigenvalue weighted by Gasteiger charge is 2.48. The fourth-order valence-electron chi connectivity index (χ4n) is 9.17. The van der Waals surface area contributed by atoms with Crippen LogP contribution >= 0.6 is 22.9 Å². The van der Waals surface area contributed by atoms with Crippen molar-refractivity contribution in [3.05, 3.63) is 91.8 Å². The lowest BCUT2D eigenvalue weighted by molar-refractivity contribution is -0.137. The second kappa shape index (κ2) is 17.8. The highest BCUT2D eigenvalue weighted by Crippen LogP contribution is 2.47. The Balaban J connectivity index is 0.755. The van der Waals surface area contributed by atoms with Crippen molar-refractivity contribution in [2.24, 2.45) is 4.99 Å². The summed E-state index contributed by atoms with van der Waals surface area (Å²) in [5, 5.41) is 16.1. The van der Waals surface area contributed by atoms with Gasteiger partial charge in [0.25, 0.3) is 5.91 Å².